The van der Waals surface area contributed by atoms with Crippen molar-refractivity contribution in [2.75, 3.05) is 26.2 Å². The van der Waals surface area contributed by atoms with Gasteiger partial charge in [-0.2, -0.15) is 0 Å². The molecule has 1 saturated heterocycles. The summed E-state index contributed by atoms with van der Waals surface area (Å²) in [4.78, 5) is 2.65. The molecule has 19 heavy (non-hydrogen) atoms. The summed E-state index contributed by atoms with van der Waals surface area (Å²) >= 11 is 0. The van der Waals surface area contributed by atoms with Gasteiger partial charge >= 0.3 is 0 Å². The van der Waals surface area contributed by atoms with Crippen molar-refractivity contribution < 1.29 is 4.74 Å². The predicted molar refractivity (Wildman–Crippen MR) is 80.2 cm³/mol. The van der Waals surface area contributed by atoms with Crippen LogP contribution in [0.3, 0.4) is 0 Å². The lowest BCUT2D eigenvalue weighted by Gasteiger charge is -2.42. The van der Waals surface area contributed by atoms with Crippen LogP contribution in [0.5, 0.6) is 0 Å². The first-order valence-corrected chi connectivity index (χ1v) is 8.30. The van der Waals surface area contributed by atoms with E-state index in [0.717, 1.165) is 25.0 Å². The van der Waals surface area contributed by atoms with Crippen molar-refractivity contribution in [3.8, 4) is 0 Å². The lowest BCUT2D eigenvalue weighted by molar-refractivity contribution is -0.00681. The van der Waals surface area contributed by atoms with Gasteiger partial charge in [0.2, 0.25) is 0 Å². The molecular formula is C16H32N2O. The summed E-state index contributed by atoms with van der Waals surface area (Å²) in [6.45, 7) is 8.54. The third-order valence-electron chi connectivity index (χ3n) is 5.11. The van der Waals surface area contributed by atoms with Crippen LogP contribution >= 0.6 is 0 Å². The third kappa shape index (κ3) is 4.17. The summed E-state index contributed by atoms with van der Waals surface area (Å²) in [6, 6.07) is 0.616. The van der Waals surface area contributed by atoms with E-state index in [4.69, 9.17) is 10.5 Å². The van der Waals surface area contributed by atoms with Gasteiger partial charge in [-0.25, -0.2) is 0 Å². The average molecular weight is 268 g/mol. The second kappa shape index (κ2) is 7.61. The zero-order valence-electron chi connectivity index (χ0n) is 12.8. The topological polar surface area (TPSA) is 38.5 Å². The van der Waals surface area contributed by atoms with E-state index in [-0.39, 0.29) is 0 Å². The number of hydrogen-bond donors (Lipinski definition) is 1. The van der Waals surface area contributed by atoms with Gasteiger partial charge in [0.1, 0.15) is 0 Å². The van der Waals surface area contributed by atoms with Crippen LogP contribution in [0.25, 0.3) is 0 Å². The Morgan fingerprint density at radius 2 is 1.95 bits per heavy atom. The van der Waals surface area contributed by atoms with Crippen LogP contribution in [0, 0.1) is 11.8 Å². The maximum Gasteiger partial charge on any atom is 0.0599 e. The standard InChI is InChI=1S/C16H32N2O/c1-3-19-15-7-9-18(10-8-15)16(12-17)14-6-4-5-13(2)11-14/h13-16H,3-12,17H2,1-2H3. The van der Waals surface area contributed by atoms with Crippen molar-refractivity contribution in [3.05, 3.63) is 0 Å². The molecule has 112 valence electrons. The number of piperidine rings is 1. The second-order valence-corrected chi connectivity index (χ2v) is 6.53. The summed E-state index contributed by atoms with van der Waals surface area (Å²) in [5, 5.41) is 0. The number of hydrogen-bond acceptors (Lipinski definition) is 3. The summed E-state index contributed by atoms with van der Waals surface area (Å²) < 4.78 is 5.75. The first kappa shape index (κ1) is 15.3. The summed E-state index contributed by atoms with van der Waals surface area (Å²) in [5.74, 6) is 1.73. The Hall–Kier alpha value is -0.120. The molecule has 3 heteroatoms. The largest absolute Gasteiger partial charge is 0.378 e. The van der Waals surface area contributed by atoms with Crippen LogP contribution in [0.1, 0.15) is 52.4 Å². The first-order valence-electron chi connectivity index (χ1n) is 8.30. The highest BCUT2D eigenvalue weighted by Gasteiger charge is 2.32. The molecule has 0 bridgehead atoms. The highest BCUT2D eigenvalue weighted by atomic mass is 16.5. The Morgan fingerprint density at radius 1 is 1.21 bits per heavy atom. The van der Waals surface area contributed by atoms with Crippen molar-refractivity contribution in [2.24, 2.45) is 17.6 Å². The number of rotatable bonds is 5. The van der Waals surface area contributed by atoms with E-state index in [0.29, 0.717) is 12.1 Å². The molecule has 2 aliphatic rings. The van der Waals surface area contributed by atoms with Crippen LogP contribution < -0.4 is 5.73 Å². The van der Waals surface area contributed by atoms with Crippen molar-refractivity contribution >= 4 is 0 Å². The Labute approximate surface area is 118 Å². The molecular weight excluding hydrogens is 236 g/mol. The quantitative estimate of drug-likeness (QED) is 0.833. The Kier molecular flexibility index (Phi) is 6.11. The molecule has 1 aliphatic carbocycles. The molecule has 0 aromatic rings. The molecule has 2 N–H and O–H groups in total. The molecule has 2 rings (SSSR count). The van der Waals surface area contributed by atoms with E-state index in [1.54, 1.807) is 0 Å². The molecule has 3 unspecified atom stereocenters. The molecule has 0 amide bonds. The number of nitrogens with two attached hydrogens (primary N) is 1. The molecule has 3 nitrogen and oxygen atoms in total. The Morgan fingerprint density at radius 3 is 2.53 bits per heavy atom. The lowest BCUT2D eigenvalue weighted by Crippen LogP contribution is -2.50. The van der Waals surface area contributed by atoms with Crippen molar-refractivity contribution in [2.45, 2.75) is 64.5 Å². The fourth-order valence-corrected chi connectivity index (χ4v) is 4.08. The van der Waals surface area contributed by atoms with Crippen molar-refractivity contribution in [1.29, 1.82) is 0 Å². The highest BCUT2D eigenvalue weighted by molar-refractivity contribution is 4.87. The van der Waals surface area contributed by atoms with Crippen LogP contribution in [0.4, 0.5) is 0 Å². The number of likely N-dealkylation sites (tertiary alicyclic amines) is 1. The summed E-state index contributed by atoms with van der Waals surface area (Å²) in [6.07, 6.45) is 8.45. The van der Waals surface area contributed by atoms with Gasteiger partial charge in [0, 0.05) is 32.3 Å². The van der Waals surface area contributed by atoms with E-state index >= 15 is 0 Å². The molecule has 1 heterocycles. The molecule has 0 radical (unpaired) electrons. The SMILES string of the molecule is CCOC1CCN(C(CN)C2CCCC(C)C2)CC1. The maximum atomic E-state index is 6.10. The van der Waals surface area contributed by atoms with Gasteiger partial charge in [-0.15, -0.1) is 0 Å². The molecule has 1 saturated carbocycles. The fraction of sp³-hybridized carbons (Fsp3) is 1.00. The van der Waals surface area contributed by atoms with Crippen LogP contribution in [0.15, 0.2) is 0 Å². The van der Waals surface area contributed by atoms with Gasteiger partial charge in [-0.1, -0.05) is 19.8 Å². The van der Waals surface area contributed by atoms with E-state index in [2.05, 4.69) is 18.7 Å². The Balaban J connectivity index is 1.84. The van der Waals surface area contributed by atoms with E-state index in [1.165, 1.54) is 51.6 Å². The molecule has 2 fully saturated rings. The van der Waals surface area contributed by atoms with Crippen molar-refractivity contribution in [3.63, 3.8) is 0 Å². The van der Waals surface area contributed by atoms with Gasteiger partial charge in [-0.05, 0) is 44.4 Å². The second-order valence-electron chi connectivity index (χ2n) is 6.53. The minimum absolute atomic E-state index is 0.491. The van der Waals surface area contributed by atoms with Crippen LogP contribution in [-0.4, -0.2) is 43.3 Å². The fourth-order valence-electron chi connectivity index (χ4n) is 4.08. The molecule has 3 atom stereocenters. The minimum atomic E-state index is 0.491. The molecule has 1 aliphatic heterocycles. The first-order chi connectivity index (χ1) is 9.24. The smallest absolute Gasteiger partial charge is 0.0599 e. The predicted octanol–water partition coefficient (Wildman–Crippen LogP) is 2.64. The molecule has 0 spiro atoms. The molecule has 0 aromatic carbocycles. The number of nitrogens with zero attached hydrogens (tertiary/aromatic N) is 1. The zero-order chi connectivity index (χ0) is 13.7. The van der Waals surface area contributed by atoms with Gasteiger partial charge in [0.25, 0.3) is 0 Å². The third-order valence-corrected chi connectivity index (χ3v) is 5.11. The van der Waals surface area contributed by atoms with E-state index in [1.807, 2.05) is 0 Å². The average Bonchev–Trinajstić information content (AvgIpc) is 2.42. The maximum absolute atomic E-state index is 6.10. The van der Waals surface area contributed by atoms with Gasteiger partial charge in [-0.3, -0.25) is 4.90 Å². The monoisotopic (exact) mass is 268 g/mol. The minimum Gasteiger partial charge on any atom is -0.378 e. The highest BCUT2D eigenvalue weighted by Crippen LogP contribution is 2.33. The van der Waals surface area contributed by atoms with Gasteiger partial charge in [0.05, 0.1) is 6.10 Å². The summed E-state index contributed by atoms with van der Waals surface area (Å²) in [5.41, 5.74) is 6.10. The van der Waals surface area contributed by atoms with Crippen LogP contribution in [-0.2, 0) is 4.74 Å². The lowest BCUT2D eigenvalue weighted by atomic mass is 9.77. The van der Waals surface area contributed by atoms with Crippen LogP contribution in [0.2, 0.25) is 0 Å². The van der Waals surface area contributed by atoms with Gasteiger partial charge in [0.15, 0.2) is 0 Å². The van der Waals surface area contributed by atoms with E-state index in [9.17, 15) is 0 Å². The Bertz CT molecular complexity index is 251. The zero-order valence-corrected chi connectivity index (χ0v) is 12.8. The summed E-state index contributed by atoms with van der Waals surface area (Å²) in [7, 11) is 0. The van der Waals surface area contributed by atoms with E-state index < -0.39 is 0 Å². The normalized spacial score (nSPS) is 32.4. The van der Waals surface area contributed by atoms with Gasteiger partial charge < -0.3 is 10.5 Å². The molecule has 0 aromatic heterocycles. The number of ether oxygens (including phenoxy) is 1. The van der Waals surface area contributed by atoms with Crippen molar-refractivity contribution in [1.82, 2.24) is 4.90 Å².